The van der Waals surface area contributed by atoms with Crippen molar-refractivity contribution in [2.45, 2.75) is 32.8 Å². The van der Waals surface area contributed by atoms with Crippen molar-refractivity contribution in [1.29, 1.82) is 0 Å². The SMILES string of the molecule is COc1ccc(N)cc1OC[C@H]1CCN(C(=O)OC(C)(C)C)C1. The summed E-state index contributed by atoms with van der Waals surface area (Å²) in [6, 6.07) is 5.30. The van der Waals surface area contributed by atoms with Crippen LogP contribution in [0, 0.1) is 5.92 Å². The molecule has 0 spiro atoms. The molecule has 1 aromatic carbocycles. The number of carbonyl (C=O) groups excluding carboxylic acids is 1. The number of hydrogen-bond donors (Lipinski definition) is 1. The van der Waals surface area contributed by atoms with E-state index in [2.05, 4.69) is 0 Å². The van der Waals surface area contributed by atoms with E-state index in [4.69, 9.17) is 19.9 Å². The Bertz CT molecular complexity index is 554. The quantitative estimate of drug-likeness (QED) is 0.863. The summed E-state index contributed by atoms with van der Waals surface area (Å²) < 4.78 is 16.5. The fourth-order valence-electron chi connectivity index (χ4n) is 2.47. The maximum Gasteiger partial charge on any atom is 0.410 e. The molecular formula is C17H26N2O4. The van der Waals surface area contributed by atoms with Crippen LogP contribution in [-0.4, -0.2) is 43.4 Å². The van der Waals surface area contributed by atoms with Crippen molar-refractivity contribution in [2.24, 2.45) is 5.92 Å². The number of methoxy groups -OCH3 is 1. The highest BCUT2D eigenvalue weighted by atomic mass is 16.6. The van der Waals surface area contributed by atoms with Gasteiger partial charge in [-0.1, -0.05) is 0 Å². The number of nitrogens with two attached hydrogens (primary N) is 1. The minimum Gasteiger partial charge on any atom is -0.493 e. The van der Waals surface area contributed by atoms with Gasteiger partial charge in [0.15, 0.2) is 11.5 Å². The minimum absolute atomic E-state index is 0.262. The van der Waals surface area contributed by atoms with Crippen LogP contribution in [0.4, 0.5) is 10.5 Å². The van der Waals surface area contributed by atoms with E-state index in [1.54, 1.807) is 30.2 Å². The van der Waals surface area contributed by atoms with Crippen molar-refractivity contribution >= 4 is 11.8 Å². The Morgan fingerprint density at radius 3 is 2.74 bits per heavy atom. The number of carbonyl (C=O) groups is 1. The molecule has 2 N–H and O–H groups in total. The van der Waals surface area contributed by atoms with Gasteiger partial charge in [-0.2, -0.15) is 0 Å². The lowest BCUT2D eigenvalue weighted by Crippen LogP contribution is -2.35. The molecule has 0 aliphatic carbocycles. The number of rotatable bonds is 4. The Hall–Kier alpha value is -2.11. The van der Waals surface area contributed by atoms with E-state index >= 15 is 0 Å². The molecule has 2 rings (SSSR count). The molecular weight excluding hydrogens is 296 g/mol. The van der Waals surface area contributed by atoms with Gasteiger partial charge in [0.25, 0.3) is 0 Å². The highest BCUT2D eigenvalue weighted by Crippen LogP contribution is 2.30. The standard InChI is InChI=1S/C17H26N2O4/c1-17(2,3)23-16(20)19-8-7-12(10-19)11-22-15-9-13(18)5-6-14(15)21-4/h5-6,9,12H,7-8,10-11,18H2,1-4H3/t12-/m0/s1. The summed E-state index contributed by atoms with van der Waals surface area (Å²) in [4.78, 5) is 13.8. The van der Waals surface area contributed by atoms with Crippen LogP contribution in [0.15, 0.2) is 18.2 Å². The van der Waals surface area contributed by atoms with Crippen molar-refractivity contribution in [2.75, 3.05) is 32.5 Å². The van der Waals surface area contributed by atoms with E-state index < -0.39 is 5.60 Å². The average Bonchev–Trinajstić information content (AvgIpc) is 2.92. The van der Waals surface area contributed by atoms with Crippen LogP contribution in [0.5, 0.6) is 11.5 Å². The molecule has 0 aromatic heterocycles. The second-order valence-corrected chi connectivity index (χ2v) is 6.80. The van der Waals surface area contributed by atoms with Crippen LogP contribution < -0.4 is 15.2 Å². The molecule has 1 heterocycles. The number of anilines is 1. The average molecular weight is 322 g/mol. The Kier molecular flexibility index (Phi) is 5.23. The lowest BCUT2D eigenvalue weighted by molar-refractivity contribution is 0.0284. The molecule has 1 atom stereocenters. The first kappa shape index (κ1) is 17.2. The van der Waals surface area contributed by atoms with Gasteiger partial charge < -0.3 is 24.8 Å². The number of amides is 1. The lowest BCUT2D eigenvalue weighted by Gasteiger charge is -2.24. The van der Waals surface area contributed by atoms with Crippen molar-refractivity contribution in [1.82, 2.24) is 4.90 Å². The van der Waals surface area contributed by atoms with Crippen LogP contribution in [0.2, 0.25) is 0 Å². The summed E-state index contributed by atoms with van der Waals surface area (Å²) in [6.45, 7) is 7.45. The highest BCUT2D eigenvalue weighted by Gasteiger charge is 2.30. The number of benzene rings is 1. The topological polar surface area (TPSA) is 74.0 Å². The molecule has 0 radical (unpaired) electrons. The molecule has 1 saturated heterocycles. The van der Waals surface area contributed by atoms with Crippen LogP contribution in [-0.2, 0) is 4.74 Å². The van der Waals surface area contributed by atoms with Crippen LogP contribution in [0.25, 0.3) is 0 Å². The summed E-state index contributed by atoms with van der Waals surface area (Å²) in [5.74, 6) is 1.55. The van der Waals surface area contributed by atoms with Gasteiger partial charge in [-0.05, 0) is 39.3 Å². The number of nitrogen functional groups attached to an aromatic ring is 1. The molecule has 23 heavy (non-hydrogen) atoms. The zero-order chi connectivity index (χ0) is 17.0. The lowest BCUT2D eigenvalue weighted by atomic mass is 10.1. The third-order valence-electron chi connectivity index (χ3n) is 3.60. The Morgan fingerprint density at radius 2 is 2.09 bits per heavy atom. The normalized spacial score (nSPS) is 17.9. The van der Waals surface area contributed by atoms with Crippen LogP contribution in [0.1, 0.15) is 27.2 Å². The fraction of sp³-hybridized carbons (Fsp3) is 0.588. The van der Waals surface area contributed by atoms with Gasteiger partial charge >= 0.3 is 6.09 Å². The maximum atomic E-state index is 12.1. The molecule has 6 heteroatoms. The van der Waals surface area contributed by atoms with Gasteiger partial charge in [0.05, 0.1) is 13.7 Å². The number of nitrogens with zero attached hydrogens (tertiary/aromatic N) is 1. The van der Waals surface area contributed by atoms with Gasteiger partial charge in [-0.25, -0.2) is 4.79 Å². The Balaban J connectivity index is 1.87. The van der Waals surface area contributed by atoms with Gasteiger partial charge in [-0.3, -0.25) is 0 Å². The van der Waals surface area contributed by atoms with Crippen LogP contribution in [0.3, 0.4) is 0 Å². The molecule has 1 aromatic rings. The fourth-order valence-corrected chi connectivity index (χ4v) is 2.47. The minimum atomic E-state index is -0.472. The van der Waals surface area contributed by atoms with Crippen molar-refractivity contribution in [3.05, 3.63) is 18.2 Å². The summed E-state index contributed by atoms with van der Waals surface area (Å²) in [5, 5.41) is 0. The molecule has 0 saturated carbocycles. The number of ether oxygens (including phenoxy) is 3. The zero-order valence-corrected chi connectivity index (χ0v) is 14.3. The molecule has 1 amide bonds. The summed E-state index contributed by atoms with van der Waals surface area (Å²) in [6.07, 6.45) is 0.630. The van der Waals surface area contributed by atoms with E-state index in [0.717, 1.165) is 6.42 Å². The molecule has 1 fully saturated rings. The highest BCUT2D eigenvalue weighted by molar-refractivity contribution is 5.68. The predicted octanol–water partition coefficient (Wildman–Crippen LogP) is 2.91. The van der Waals surface area contributed by atoms with Gasteiger partial charge in [0.2, 0.25) is 0 Å². The van der Waals surface area contributed by atoms with Crippen LogP contribution >= 0.6 is 0 Å². The second kappa shape index (κ2) is 6.98. The van der Waals surface area contributed by atoms with E-state index in [-0.39, 0.29) is 12.0 Å². The number of likely N-dealkylation sites (tertiary alicyclic amines) is 1. The molecule has 1 aliphatic rings. The molecule has 1 aliphatic heterocycles. The first-order valence-corrected chi connectivity index (χ1v) is 7.83. The van der Waals surface area contributed by atoms with Crippen molar-refractivity contribution in [3.63, 3.8) is 0 Å². The van der Waals surface area contributed by atoms with Gasteiger partial charge in [0.1, 0.15) is 5.60 Å². The number of hydrogen-bond acceptors (Lipinski definition) is 5. The van der Waals surface area contributed by atoms with E-state index in [9.17, 15) is 4.79 Å². The summed E-state index contributed by atoms with van der Waals surface area (Å²) in [7, 11) is 1.60. The first-order valence-electron chi connectivity index (χ1n) is 7.83. The van der Waals surface area contributed by atoms with E-state index in [0.29, 0.717) is 36.9 Å². The smallest absolute Gasteiger partial charge is 0.410 e. The maximum absolute atomic E-state index is 12.1. The Labute approximate surface area is 137 Å². The third kappa shape index (κ3) is 4.94. The van der Waals surface area contributed by atoms with E-state index in [1.807, 2.05) is 20.8 Å². The largest absolute Gasteiger partial charge is 0.493 e. The second-order valence-electron chi connectivity index (χ2n) is 6.80. The molecule has 6 nitrogen and oxygen atoms in total. The van der Waals surface area contributed by atoms with Gasteiger partial charge in [-0.15, -0.1) is 0 Å². The summed E-state index contributed by atoms with van der Waals surface area (Å²) in [5.41, 5.74) is 5.94. The molecule has 0 unspecified atom stereocenters. The molecule has 128 valence electrons. The monoisotopic (exact) mass is 322 g/mol. The van der Waals surface area contributed by atoms with Gasteiger partial charge in [0, 0.05) is 30.8 Å². The van der Waals surface area contributed by atoms with Crippen molar-refractivity contribution in [3.8, 4) is 11.5 Å². The predicted molar refractivity (Wildman–Crippen MR) is 88.8 cm³/mol. The Morgan fingerprint density at radius 1 is 1.35 bits per heavy atom. The summed E-state index contributed by atoms with van der Waals surface area (Å²) >= 11 is 0. The first-order chi connectivity index (χ1) is 10.8. The third-order valence-corrected chi connectivity index (χ3v) is 3.60. The van der Waals surface area contributed by atoms with E-state index in [1.165, 1.54) is 0 Å². The zero-order valence-electron chi connectivity index (χ0n) is 14.3. The molecule has 0 bridgehead atoms. The van der Waals surface area contributed by atoms with Crippen molar-refractivity contribution < 1.29 is 19.0 Å².